The molecule has 0 aliphatic rings. The Morgan fingerprint density at radius 2 is 2.19 bits per heavy atom. The zero-order valence-corrected chi connectivity index (χ0v) is 10.1. The Kier molecular flexibility index (Phi) is 3.04. The Morgan fingerprint density at radius 3 is 2.75 bits per heavy atom. The molecular formula is C13H19NO2. The number of carbonyl (C=O) groups is 1. The molecule has 3 nitrogen and oxygen atoms in total. The fourth-order valence-electron chi connectivity index (χ4n) is 1.15. The molecule has 1 aromatic carbocycles. The van der Waals surface area contributed by atoms with Crippen LogP contribution in [-0.2, 0) is 11.2 Å². The summed E-state index contributed by atoms with van der Waals surface area (Å²) in [5.74, 6) is 0. The fraction of sp³-hybridized carbons (Fsp3) is 0.462. The van der Waals surface area contributed by atoms with Gasteiger partial charge in [-0.1, -0.05) is 29.8 Å². The Morgan fingerprint density at radius 1 is 1.50 bits per heavy atom. The van der Waals surface area contributed by atoms with Crippen LogP contribution in [0, 0.1) is 6.92 Å². The van der Waals surface area contributed by atoms with Crippen LogP contribution in [-0.4, -0.2) is 11.7 Å². The molecular weight excluding hydrogens is 202 g/mol. The second-order valence-corrected chi connectivity index (χ2v) is 4.62. The molecule has 0 aliphatic heterocycles. The first-order valence-electron chi connectivity index (χ1n) is 6.18. The van der Waals surface area contributed by atoms with Crippen LogP contribution >= 0.6 is 0 Å². The molecule has 0 aromatic heterocycles. The van der Waals surface area contributed by atoms with Gasteiger partial charge < -0.3 is 10.1 Å². The number of alkyl carbamates (subject to hydrolysis) is 1. The number of aryl methyl sites for hydroxylation is 1. The molecule has 1 N–H and O–H groups in total. The monoisotopic (exact) mass is 223 g/mol. The van der Waals surface area contributed by atoms with Crippen molar-refractivity contribution in [3.8, 4) is 0 Å². The van der Waals surface area contributed by atoms with E-state index in [1.165, 1.54) is 0 Å². The third-order valence-electron chi connectivity index (χ3n) is 1.73. The van der Waals surface area contributed by atoms with Gasteiger partial charge in [0.25, 0.3) is 0 Å². The average Bonchev–Trinajstić information content (AvgIpc) is 2.13. The summed E-state index contributed by atoms with van der Waals surface area (Å²) in [6.07, 6.45) is -0.769. The lowest BCUT2D eigenvalue weighted by atomic mass is 10.1. The van der Waals surface area contributed by atoms with E-state index in [1.807, 2.05) is 13.0 Å². The number of benzene rings is 1. The van der Waals surface area contributed by atoms with Crippen molar-refractivity contribution in [1.29, 1.82) is 0 Å². The maximum absolute atomic E-state index is 11.6. The minimum Gasteiger partial charge on any atom is -0.444 e. The van der Waals surface area contributed by atoms with E-state index in [2.05, 4.69) is 5.32 Å². The molecule has 0 spiro atoms. The van der Waals surface area contributed by atoms with Crippen molar-refractivity contribution < 1.29 is 12.3 Å². The molecule has 88 valence electrons. The summed E-state index contributed by atoms with van der Waals surface area (Å²) >= 11 is 0. The fourth-order valence-corrected chi connectivity index (χ4v) is 1.15. The largest absolute Gasteiger partial charge is 0.444 e. The second-order valence-electron chi connectivity index (χ2n) is 4.62. The van der Waals surface area contributed by atoms with Gasteiger partial charge in [-0.05, 0) is 33.3 Å². The quantitative estimate of drug-likeness (QED) is 0.837. The Bertz CT molecular complexity index is 439. The normalized spacial score (nSPS) is 13.8. The van der Waals surface area contributed by atoms with Gasteiger partial charge in [0.2, 0.25) is 0 Å². The van der Waals surface area contributed by atoms with Crippen molar-refractivity contribution in [1.82, 2.24) is 5.32 Å². The van der Waals surface area contributed by atoms with E-state index in [4.69, 9.17) is 7.48 Å². The molecule has 0 fully saturated rings. The van der Waals surface area contributed by atoms with Gasteiger partial charge in [-0.2, -0.15) is 0 Å². The Hall–Kier alpha value is -1.51. The van der Waals surface area contributed by atoms with Crippen LogP contribution in [0.3, 0.4) is 0 Å². The van der Waals surface area contributed by atoms with Gasteiger partial charge in [0.05, 0.1) is 2.74 Å². The number of carbonyl (C=O) groups excluding carboxylic acids is 1. The number of ether oxygens (including phenoxy) is 1. The first-order chi connectivity index (χ1) is 8.10. The lowest BCUT2D eigenvalue weighted by Gasteiger charge is -2.19. The van der Waals surface area contributed by atoms with Crippen molar-refractivity contribution >= 4 is 6.09 Å². The third-order valence-corrected chi connectivity index (χ3v) is 1.73. The van der Waals surface area contributed by atoms with Crippen LogP contribution in [0.2, 0.25) is 0 Å². The van der Waals surface area contributed by atoms with Crippen LogP contribution in [0.1, 0.15) is 34.6 Å². The van der Waals surface area contributed by atoms with Crippen LogP contribution in [0.5, 0.6) is 0 Å². The van der Waals surface area contributed by atoms with Gasteiger partial charge in [-0.3, -0.25) is 0 Å². The highest BCUT2D eigenvalue weighted by molar-refractivity contribution is 5.67. The van der Waals surface area contributed by atoms with Crippen molar-refractivity contribution in [3.05, 3.63) is 35.4 Å². The highest BCUT2D eigenvalue weighted by atomic mass is 16.6. The van der Waals surface area contributed by atoms with Crippen molar-refractivity contribution in [2.45, 2.75) is 39.8 Å². The summed E-state index contributed by atoms with van der Waals surface area (Å²) in [5, 5.41) is 2.23. The van der Waals surface area contributed by atoms with E-state index in [9.17, 15) is 4.79 Å². The van der Waals surface area contributed by atoms with E-state index in [1.54, 1.807) is 39.0 Å². The Balaban J connectivity index is 2.79. The summed E-state index contributed by atoms with van der Waals surface area (Å²) in [6, 6.07) is 6.94. The predicted octanol–water partition coefficient (Wildman–Crippen LogP) is 3.02. The molecule has 0 unspecified atom stereocenters. The van der Waals surface area contributed by atoms with E-state index in [-0.39, 0.29) is 0 Å². The van der Waals surface area contributed by atoms with E-state index in [0.717, 1.165) is 5.56 Å². The molecule has 1 aromatic rings. The summed E-state index contributed by atoms with van der Waals surface area (Å²) in [5.41, 5.74) is 0.683. The molecule has 0 bridgehead atoms. The molecule has 0 aliphatic carbocycles. The molecule has 1 amide bonds. The van der Waals surface area contributed by atoms with Crippen LogP contribution in [0.25, 0.3) is 0 Å². The van der Waals surface area contributed by atoms with E-state index >= 15 is 0 Å². The minimum absolute atomic E-state index is 0.397. The number of rotatable bonds is 2. The zero-order chi connectivity index (χ0) is 14.0. The van der Waals surface area contributed by atoms with Gasteiger partial charge in [-0.15, -0.1) is 0 Å². The highest BCUT2D eigenvalue weighted by Gasteiger charge is 2.15. The van der Waals surface area contributed by atoms with Crippen molar-refractivity contribution in [2.24, 2.45) is 0 Å². The third kappa shape index (κ3) is 4.82. The van der Waals surface area contributed by atoms with Crippen LogP contribution in [0.15, 0.2) is 24.3 Å². The zero-order valence-electron chi connectivity index (χ0n) is 12.1. The highest BCUT2D eigenvalue weighted by Crippen LogP contribution is 2.07. The molecule has 0 saturated carbocycles. The number of hydrogen-bond acceptors (Lipinski definition) is 2. The van der Waals surface area contributed by atoms with Crippen molar-refractivity contribution in [3.63, 3.8) is 0 Å². The van der Waals surface area contributed by atoms with Gasteiger partial charge >= 0.3 is 6.09 Å². The molecule has 0 atom stereocenters. The summed E-state index contributed by atoms with van der Waals surface area (Å²) in [4.78, 5) is 11.6. The second kappa shape index (κ2) is 5.01. The van der Waals surface area contributed by atoms with E-state index in [0.29, 0.717) is 5.56 Å². The number of amides is 1. The van der Waals surface area contributed by atoms with Crippen LogP contribution in [0.4, 0.5) is 4.79 Å². The molecule has 1 rings (SSSR count). The summed E-state index contributed by atoms with van der Waals surface area (Å²) in [7, 11) is 0. The number of nitrogens with one attached hydrogen (secondary N) is 1. The van der Waals surface area contributed by atoms with Crippen molar-refractivity contribution in [2.75, 3.05) is 0 Å². The molecule has 3 heteroatoms. The summed E-state index contributed by atoms with van der Waals surface area (Å²) < 4.78 is 20.7. The Labute approximate surface area is 99.6 Å². The molecule has 0 radical (unpaired) electrons. The lowest BCUT2D eigenvalue weighted by molar-refractivity contribution is 0.0523. The maximum Gasteiger partial charge on any atom is 0.407 e. The van der Waals surface area contributed by atoms with Crippen LogP contribution < -0.4 is 5.32 Å². The first-order valence-corrected chi connectivity index (χ1v) is 5.18. The SMILES string of the molecule is [2H]C([2H])(NC(=O)OC(C)(C)C)c1cccc(C)c1. The molecule has 0 saturated heterocycles. The maximum atomic E-state index is 11.6. The number of hydrogen-bond donors (Lipinski definition) is 1. The standard InChI is InChI=1S/C13H19NO2/c1-10-6-5-7-11(8-10)9-14-12(15)16-13(2,3)4/h5-8H,9H2,1-4H3,(H,14,15)/i9D2. The first kappa shape index (κ1) is 9.70. The van der Waals surface area contributed by atoms with Gasteiger partial charge in [0, 0.05) is 6.50 Å². The topological polar surface area (TPSA) is 38.3 Å². The predicted molar refractivity (Wildman–Crippen MR) is 64.3 cm³/mol. The minimum atomic E-state index is -1.95. The smallest absolute Gasteiger partial charge is 0.407 e. The average molecular weight is 223 g/mol. The summed E-state index contributed by atoms with van der Waals surface area (Å²) in [6.45, 7) is 5.11. The lowest BCUT2D eigenvalue weighted by Crippen LogP contribution is -2.32. The molecule has 16 heavy (non-hydrogen) atoms. The van der Waals surface area contributed by atoms with Gasteiger partial charge in [0.1, 0.15) is 5.60 Å². The molecule has 0 heterocycles. The van der Waals surface area contributed by atoms with Gasteiger partial charge in [-0.25, -0.2) is 4.79 Å². The van der Waals surface area contributed by atoms with Gasteiger partial charge in [0.15, 0.2) is 0 Å². The van der Waals surface area contributed by atoms with E-state index < -0.39 is 18.2 Å².